The van der Waals surface area contributed by atoms with Crippen LogP contribution in [0.4, 0.5) is 17.1 Å². The predicted octanol–water partition coefficient (Wildman–Crippen LogP) is 15.2. The number of hydrogen-bond acceptors (Lipinski definition) is 2. The third kappa shape index (κ3) is 5.51. The summed E-state index contributed by atoms with van der Waals surface area (Å²) in [6.07, 6.45) is 0. The highest BCUT2D eigenvalue weighted by molar-refractivity contribution is 6.13. The van der Waals surface area contributed by atoms with E-state index in [2.05, 4.69) is 216 Å². The maximum absolute atomic E-state index is 6.34. The molecule has 0 radical (unpaired) electrons. The Hall–Kier alpha value is -7.62. The first kappa shape index (κ1) is 32.8. The van der Waals surface area contributed by atoms with Crippen molar-refractivity contribution in [3.05, 3.63) is 218 Å². The number of anilines is 3. The van der Waals surface area contributed by atoms with Gasteiger partial charge in [0.2, 0.25) is 0 Å². The molecule has 0 N–H and O–H groups in total. The SMILES string of the molecule is c1ccc(-c2ccccc2-c2ccccc2N(c2cccc(-c3cccc4oc5ccccc5c34)c2)c2cccc(-n3c4ccccc4c4ccccc43)c2)cc1. The van der Waals surface area contributed by atoms with Crippen molar-refractivity contribution in [3.63, 3.8) is 0 Å². The Morgan fingerprint density at radius 2 is 0.895 bits per heavy atom. The van der Waals surface area contributed by atoms with E-state index >= 15 is 0 Å². The molecule has 3 heteroatoms. The molecule has 0 saturated heterocycles. The van der Waals surface area contributed by atoms with Crippen molar-refractivity contribution < 1.29 is 4.42 Å². The van der Waals surface area contributed by atoms with Gasteiger partial charge in [-0.15, -0.1) is 0 Å². The van der Waals surface area contributed by atoms with Crippen molar-refractivity contribution in [1.29, 1.82) is 0 Å². The monoisotopic (exact) mass is 728 g/mol. The molecule has 9 aromatic carbocycles. The lowest BCUT2D eigenvalue weighted by molar-refractivity contribution is 0.669. The molecule has 0 aliphatic heterocycles. The highest BCUT2D eigenvalue weighted by Gasteiger charge is 2.22. The van der Waals surface area contributed by atoms with Gasteiger partial charge in [0.25, 0.3) is 0 Å². The molecular weight excluding hydrogens is 693 g/mol. The number of nitrogens with zero attached hydrogens (tertiary/aromatic N) is 2. The summed E-state index contributed by atoms with van der Waals surface area (Å²) in [4.78, 5) is 2.42. The number of furan rings is 1. The minimum Gasteiger partial charge on any atom is -0.456 e. The van der Waals surface area contributed by atoms with Crippen LogP contribution < -0.4 is 4.90 Å². The smallest absolute Gasteiger partial charge is 0.136 e. The van der Waals surface area contributed by atoms with E-state index in [4.69, 9.17) is 4.42 Å². The van der Waals surface area contributed by atoms with Crippen LogP contribution in [0.2, 0.25) is 0 Å². The maximum atomic E-state index is 6.34. The van der Waals surface area contributed by atoms with Crippen LogP contribution in [-0.4, -0.2) is 4.57 Å². The Balaban J connectivity index is 1.15. The minimum atomic E-state index is 0.887. The molecule has 0 amide bonds. The number of benzene rings is 9. The van der Waals surface area contributed by atoms with E-state index in [0.717, 1.165) is 61.4 Å². The number of aromatic nitrogens is 1. The molecule has 11 rings (SSSR count). The van der Waals surface area contributed by atoms with E-state index in [-0.39, 0.29) is 0 Å². The van der Waals surface area contributed by atoms with E-state index in [1.54, 1.807) is 0 Å². The lowest BCUT2D eigenvalue weighted by atomic mass is 9.93. The van der Waals surface area contributed by atoms with Gasteiger partial charge in [0.15, 0.2) is 0 Å². The van der Waals surface area contributed by atoms with Crippen LogP contribution in [-0.2, 0) is 0 Å². The average molecular weight is 729 g/mol. The Labute approximate surface area is 330 Å². The van der Waals surface area contributed by atoms with E-state index in [1.165, 1.54) is 38.5 Å². The van der Waals surface area contributed by atoms with Crippen LogP contribution in [0.3, 0.4) is 0 Å². The molecule has 0 aliphatic carbocycles. The molecule has 0 bridgehead atoms. The number of para-hydroxylation sites is 4. The number of hydrogen-bond donors (Lipinski definition) is 0. The van der Waals surface area contributed by atoms with Gasteiger partial charge in [-0.05, 0) is 88.5 Å². The molecule has 0 fully saturated rings. The summed E-state index contributed by atoms with van der Waals surface area (Å²) < 4.78 is 8.73. The number of rotatable bonds is 7. The summed E-state index contributed by atoms with van der Waals surface area (Å²) in [5.74, 6) is 0. The highest BCUT2D eigenvalue weighted by atomic mass is 16.3. The van der Waals surface area contributed by atoms with Crippen molar-refractivity contribution >= 4 is 60.8 Å². The van der Waals surface area contributed by atoms with Crippen LogP contribution in [0.1, 0.15) is 0 Å². The fourth-order valence-electron chi connectivity index (χ4n) is 8.71. The zero-order valence-electron chi connectivity index (χ0n) is 31.1. The maximum Gasteiger partial charge on any atom is 0.136 e. The van der Waals surface area contributed by atoms with Crippen molar-refractivity contribution in [1.82, 2.24) is 4.57 Å². The molecule has 11 aromatic rings. The zero-order chi connectivity index (χ0) is 37.7. The summed E-state index contributed by atoms with van der Waals surface area (Å²) in [6.45, 7) is 0. The normalized spacial score (nSPS) is 11.5. The van der Waals surface area contributed by atoms with Crippen molar-refractivity contribution in [3.8, 4) is 39.1 Å². The van der Waals surface area contributed by atoms with Crippen molar-refractivity contribution in [2.75, 3.05) is 4.90 Å². The number of fused-ring (bicyclic) bond motifs is 6. The second kappa shape index (κ2) is 13.6. The van der Waals surface area contributed by atoms with Gasteiger partial charge in [-0.3, -0.25) is 0 Å². The van der Waals surface area contributed by atoms with Crippen molar-refractivity contribution in [2.24, 2.45) is 0 Å². The van der Waals surface area contributed by atoms with Crippen LogP contribution in [0.5, 0.6) is 0 Å². The van der Waals surface area contributed by atoms with E-state index in [9.17, 15) is 0 Å². The fourth-order valence-corrected chi connectivity index (χ4v) is 8.71. The topological polar surface area (TPSA) is 21.3 Å². The molecule has 3 nitrogen and oxygen atoms in total. The van der Waals surface area contributed by atoms with E-state index in [0.29, 0.717) is 0 Å². The first-order valence-electron chi connectivity index (χ1n) is 19.4. The largest absolute Gasteiger partial charge is 0.456 e. The van der Waals surface area contributed by atoms with Crippen LogP contribution in [0.15, 0.2) is 223 Å². The Bertz CT molecular complexity index is 3210. The van der Waals surface area contributed by atoms with Gasteiger partial charge in [-0.1, -0.05) is 158 Å². The first-order valence-corrected chi connectivity index (χ1v) is 19.4. The van der Waals surface area contributed by atoms with Gasteiger partial charge >= 0.3 is 0 Å². The van der Waals surface area contributed by atoms with Crippen LogP contribution >= 0.6 is 0 Å². The second-order valence-corrected chi connectivity index (χ2v) is 14.5. The van der Waals surface area contributed by atoms with Gasteiger partial charge in [0.05, 0.1) is 16.7 Å². The fraction of sp³-hybridized carbons (Fsp3) is 0. The third-order valence-corrected chi connectivity index (χ3v) is 11.2. The minimum absolute atomic E-state index is 0.887. The second-order valence-electron chi connectivity index (χ2n) is 14.5. The lowest BCUT2D eigenvalue weighted by Crippen LogP contribution is -2.12. The quantitative estimate of drug-likeness (QED) is 0.163. The summed E-state index contributed by atoms with van der Waals surface area (Å²) in [6, 6.07) is 78.2. The standard InChI is InChI=1S/C54H36N2O/c1-2-17-37(18-3-1)42-23-4-5-24-44(42)45-25-6-10-30-49(45)55(39-20-14-19-38(35-39)43-29-16-34-53-54(43)48-28-9-13-33-52(48)57-53)40-21-15-22-41(36-40)56-50-31-11-7-26-46(50)47-27-8-12-32-51(47)56/h1-36H. The average Bonchev–Trinajstić information content (AvgIpc) is 3.83. The summed E-state index contributed by atoms with van der Waals surface area (Å²) in [7, 11) is 0. The highest BCUT2D eigenvalue weighted by Crippen LogP contribution is 2.46. The van der Waals surface area contributed by atoms with Gasteiger partial charge in [0.1, 0.15) is 11.2 Å². The van der Waals surface area contributed by atoms with Gasteiger partial charge in [0, 0.05) is 44.2 Å². The molecule has 57 heavy (non-hydrogen) atoms. The van der Waals surface area contributed by atoms with Gasteiger partial charge in [-0.25, -0.2) is 0 Å². The molecule has 2 aromatic heterocycles. The first-order chi connectivity index (χ1) is 28.3. The van der Waals surface area contributed by atoms with E-state index in [1.807, 2.05) is 12.1 Å². The molecule has 0 spiro atoms. The third-order valence-electron chi connectivity index (χ3n) is 11.2. The lowest BCUT2D eigenvalue weighted by Gasteiger charge is -2.29. The summed E-state index contributed by atoms with van der Waals surface area (Å²) >= 11 is 0. The van der Waals surface area contributed by atoms with Gasteiger partial charge in [-0.2, -0.15) is 0 Å². The van der Waals surface area contributed by atoms with E-state index < -0.39 is 0 Å². The molecular formula is C54H36N2O. The zero-order valence-corrected chi connectivity index (χ0v) is 31.1. The summed E-state index contributed by atoms with van der Waals surface area (Å²) in [5.41, 5.74) is 15.4. The molecule has 0 saturated carbocycles. The molecule has 268 valence electrons. The Morgan fingerprint density at radius 3 is 1.68 bits per heavy atom. The Kier molecular flexibility index (Phi) is 7.82. The van der Waals surface area contributed by atoms with Crippen LogP contribution in [0.25, 0.3) is 82.8 Å². The summed E-state index contributed by atoms with van der Waals surface area (Å²) in [5, 5.41) is 4.73. The predicted molar refractivity (Wildman–Crippen MR) is 239 cm³/mol. The van der Waals surface area contributed by atoms with Gasteiger partial charge < -0.3 is 13.9 Å². The van der Waals surface area contributed by atoms with Crippen molar-refractivity contribution in [2.45, 2.75) is 0 Å². The molecule has 2 heterocycles. The van der Waals surface area contributed by atoms with Crippen LogP contribution in [0, 0.1) is 0 Å². The Morgan fingerprint density at radius 1 is 0.351 bits per heavy atom. The molecule has 0 atom stereocenters. The molecule has 0 aliphatic rings. The molecule has 0 unspecified atom stereocenters.